The SMILES string of the molecule is C#CCN=C(NCC)NC1CCN(CCC)CC1.I. The molecular weight excluding hydrogens is 351 g/mol. The number of guanidine groups is 1. The first-order valence-electron chi connectivity index (χ1n) is 7.00. The molecule has 1 saturated heterocycles. The van der Waals surface area contributed by atoms with Crippen LogP contribution in [0, 0.1) is 12.3 Å². The third-order valence-electron chi connectivity index (χ3n) is 3.14. The standard InChI is InChI=1S/C14H26N4.HI/c1-4-9-16-14(15-6-3)17-13-7-11-18(10-5-2)12-8-13;/h1,13H,5-12H2,2-3H3,(H2,15,16,17);1H. The van der Waals surface area contributed by atoms with Gasteiger partial charge in [-0.05, 0) is 32.7 Å². The fraction of sp³-hybridized carbons (Fsp3) is 0.786. The third kappa shape index (κ3) is 7.63. The summed E-state index contributed by atoms with van der Waals surface area (Å²) in [6, 6.07) is 0.522. The molecular formula is C14H27IN4. The molecule has 1 aliphatic heterocycles. The van der Waals surface area contributed by atoms with Gasteiger partial charge in [-0.2, -0.15) is 0 Å². The van der Waals surface area contributed by atoms with Gasteiger partial charge in [0.15, 0.2) is 5.96 Å². The highest BCUT2D eigenvalue weighted by Gasteiger charge is 2.18. The van der Waals surface area contributed by atoms with Gasteiger partial charge >= 0.3 is 0 Å². The fourth-order valence-corrected chi connectivity index (χ4v) is 2.26. The summed E-state index contributed by atoms with van der Waals surface area (Å²) in [5.41, 5.74) is 0. The molecule has 4 nitrogen and oxygen atoms in total. The van der Waals surface area contributed by atoms with Crippen LogP contribution in [0.25, 0.3) is 0 Å². The zero-order valence-electron chi connectivity index (χ0n) is 12.1. The average molecular weight is 378 g/mol. The molecule has 0 aromatic rings. The quantitative estimate of drug-likeness (QED) is 0.331. The fourth-order valence-electron chi connectivity index (χ4n) is 2.26. The van der Waals surface area contributed by atoms with Gasteiger partial charge in [0.05, 0.1) is 0 Å². The van der Waals surface area contributed by atoms with Crippen molar-refractivity contribution in [1.29, 1.82) is 0 Å². The Bertz CT molecular complexity index is 290. The Labute approximate surface area is 134 Å². The first kappa shape index (κ1) is 18.5. The third-order valence-corrected chi connectivity index (χ3v) is 3.14. The molecule has 1 rings (SSSR count). The second-order valence-electron chi connectivity index (χ2n) is 4.66. The van der Waals surface area contributed by atoms with Gasteiger partial charge in [0.25, 0.3) is 0 Å². The van der Waals surface area contributed by atoms with Crippen LogP contribution in [-0.4, -0.2) is 49.6 Å². The Balaban J connectivity index is 0.00000324. The van der Waals surface area contributed by atoms with Gasteiger partial charge in [0.1, 0.15) is 6.54 Å². The largest absolute Gasteiger partial charge is 0.357 e. The van der Waals surface area contributed by atoms with Crippen LogP contribution in [0.3, 0.4) is 0 Å². The summed E-state index contributed by atoms with van der Waals surface area (Å²) in [4.78, 5) is 6.86. The van der Waals surface area contributed by atoms with Crippen molar-refractivity contribution in [3.8, 4) is 12.3 Å². The van der Waals surface area contributed by atoms with Crippen LogP contribution in [0.1, 0.15) is 33.1 Å². The minimum Gasteiger partial charge on any atom is -0.357 e. The van der Waals surface area contributed by atoms with E-state index in [1.165, 1.54) is 38.9 Å². The van der Waals surface area contributed by atoms with E-state index in [1.807, 2.05) is 0 Å². The number of halogens is 1. The van der Waals surface area contributed by atoms with Gasteiger partial charge in [-0.25, -0.2) is 4.99 Å². The van der Waals surface area contributed by atoms with Crippen molar-refractivity contribution in [2.24, 2.45) is 4.99 Å². The summed E-state index contributed by atoms with van der Waals surface area (Å²) in [7, 11) is 0. The lowest BCUT2D eigenvalue weighted by Gasteiger charge is -2.32. The van der Waals surface area contributed by atoms with Crippen molar-refractivity contribution in [1.82, 2.24) is 15.5 Å². The number of terminal acetylenes is 1. The Morgan fingerprint density at radius 1 is 1.37 bits per heavy atom. The highest BCUT2D eigenvalue weighted by atomic mass is 127. The molecule has 0 aromatic heterocycles. The molecule has 0 aliphatic carbocycles. The summed E-state index contributed by atoms with van der Waals surface area (Å²) in [5.74, 6) is 3.39. The van der Waals surface area contributed by atoms with Gasteiger partial charge in [-0.1, -0.05) is 12.8 Å². The predicted molar refractivity (Wildman–Crippen MR) is 93.1 cm³/mol. The molecule has 2 N–H and O–H groups in total. The Kier molecular flexibility index (Phi) is 11.1. The molecule has 0 bridgehead atoms. The van der Waals surface area contributed by atoms with Crippen LogP contribution >= 0.6 is 24.0 Å². The first-order valence-corrected chi connectivity index (χ1v) is 7.00. The molecule has 0 unspecified atom stereocenters. The van der Waals surface area contributed by atoms with Crippen LogP contribution < -0.4 is 10.6 Å². The summed E-state index contributed by atoms with van der Waals surface area (Å²) in [6.07, 6.45) is 8.84. The van der Waals surface area contributed by atoms with Gasteiger partial charge in [-0.3, -0.25) is 0 Å². The topological polar surface area (TPSA) is 39.7 Å². The number of aliphatic imine (C=N–C) groups is 1. The van der Waals surface area contributed by atoms with Gasteiger partial charge in [0.2, 0.25) is 0 Å². The van der Waals surface area contributed by atoms with E-state index in [2.05, 4.69) is 40.3 Å². The van der Waals surface area contributed by atoms with E-state index < -0.39 is 0 Å². The average Bonchev–Trinajstić information content (AvgIpc) is 2.39. The van der Waals surface area contributed by atoms with E-state index in [0.717, 1.165) is 12.5 Å². The van der Waals surface area contributed by atoms with Gasteiger partial charge in [-0.15, -0.1) is 30.4 Å². The first-order chi connectivity index (χ1) is 8.80. The van der Waals surface area contributed by atoms with E-state index in [-0.39, 0.29) is 24.0 Å². The molecule has 1 aliphatic rings. The predicted octanol–water partition coefficient (Wildman–Crippen LogP) is 1.67. The molecule has 0 spiro atoms. The number of likely N-dealkylation sites (tertiary alicyclic amines) is 1. The number of piperidine rings is 1. The van der Waals surface area contributed by atoms with Crippen molar-refractivity contribution in [2.75, 3.05) is 32.7 Å². The minimum absolute atomic E-state index is 0. The van der Waals surface area contributed by atoms with E-state index in [0.29, 0.717) is 12.6 Å². The molecule has 0 radical (unpaired) electrons. The number of rotatable bonds is 5. The number of hydrogen-bond donors (Lipinski definition) is 2. The number of nitrogens with one attached hydrogen (secondary N) is 2. The smallest absolute Gasteiger partial charge is 0.192 e. The second kappa shape index (κ2) is 11.4. The Morgan fingerprint density at radius 3 is 2.58 bits per heavy atom. The maximum Gasteiger partial charge on any atom is 0.192 e. The lowest BCUT2D eigenvalue weighted by Crippen LogP contribution is -2.48. The lowest BCUT2D eigenvalue weighted by atomic mass is 10.1. The molecule has 1 fully saturated rings. The van der Waals surface area contributed by atoms with Gasteiger partial charge in [0, 0.05) is 25.7 Å². The van der Waals surface area contributed by atoms with Crippen molar-refractivity contribution in [3.05, 3.63) is 0 Å². The van der Waals surface area contributed by atoms with Crippen molar-refractivity contribution >= 4 is 29.9 Å². The minimum atomic E-state index is 0. The van der Waals surface area contributed by atoms with E-state index in [9.17, 15) is 0 Å². The van der Waals surface area contributed by atoms with E-state index in [1.54, 1.807) is 0 Å². The highest BCUT2D eigenvalue weighted by molar-refractivity contribution is 14.0. The second-order valence-corrected chi connectivity index (χ2v) is 4.66. The molecule has 5 heteroatoms. The molecule has 0 saturated carbocycles. The van der Waals surface area contributed by atoms with Crippen LogP contribution in [0.4, 0.5) is 0 Å². The molecule has 110 valence electrons. The molecule has 19 heavy (non-hydrogen) atoms. The molecule has 0 aromatic carbocycles. The summed E-state index contributed by atoms with van der Waals surface area (Å²) < 4.78 is 0. The monoisotopic (exact) mass is 378 g/mol. The zero-order valence-corrected chi connectivity index (χ0v) is 14.4. The van der Waals surface area contributed by atoms with Crippen LogP contribution in [-0.2, 0) is 0 Å². The number of nitrogens with zero attached hydrogens (tertiary/aromatic N) is 2. The summed E-state index contributed by atoms with van der Waals surface area (Å²) >= 11 is 0. The zero-order chi connectivity index (χ0) is 13.2. The van der Waals surface area contributed by atoms with E-state index in [4.69, 9.17) is 6.42 Å². The Morgan fingerprint density at radius 2 is 2.05 bits per heavy atom. The molecule has 0 amide bonds. The summed E-state index contributed by atoms with van der Waals surface area (Å²) in [6.45, 7) is 9.18. The molecule has 1 heterocycles. The summed E-state index contributed by atoms with van der Waals surface area (Å²) in [5, 5.41) is 6.70. The van der Waals surface area contributed by atoms with Crippen molar-refractivity contribution in [3.63, 3.8) is 0 Å². The molecule has 0 atom stereocenters. The van der Waals surface area contributed by atoms with Crippen molar-refractivity contribution < 1.29 is 0 Å². The van der Waals surface area contributed by atoms with Crippen LogP contribution in [0.15, 0.2) is 4.99 Å². The van der Waals surface area contributed by atoms with Crippen LogP contribution in [0.5, 0.6) is 0 Å². The highest BCUT2D eigenvalue weighted by Crippen LogP contribution is 2.10. The van der Waals surface area contributed by atoms with Crippen molar-refractivity contribution in [2.45, 2.75) is 39.2 Å². The number of hydrogen-bond acceptors (Lipinski definition) is 2. The lowest BCUT2D eigenvalue weighted by molar-refractivity contribution is 0.206. The van der Waals surface area contributed by atoms with Gasteiger partial charge < -0.3 is 15.5 Å². The maximum absolute atomic E-state index is 5.24. The maximum atomic E-state index is 5.24. The van der Waals surface area contributed by atoms with Crippen LogP contribution in [0.2, 0.25) is 0 Å². The Hall–Kier alpha value is -0.480. The van der Waals surface area contributed by atoms with E-state index >= 15 is 0 Å². The normalized spacial score (nSPS) is 17.4.